The monoisotopic (exact) mass is 326 g/mol. The van der Waals surface area contributed by atoms with E-state index in [0.29, 0.717) is 0 Å². The van der Waals surface area contributed by atoms with Crippen molar-refractivity contribution in [2.75, 3.05) is 0 Å². The zero-order chi connectivity index (χ0) is 17.5. The first kappa shape index (κ1) is 22.5. The Morgan fingerprint density at radius 1 is 0.696 bits per heavy atom. The number of carboxylic acids is 1. The molecular formula is C21H42O2. The van der Waals surface area contributed by atoms with Crippen molar-refractivity contribution in [1.82, 2.24) is 0 Å². The van der Waals surface area contributed by atoms with Gasteiger partial charge < -0.3 is 5.11 Å². The minimum atomic E-state index is -0.651. The molecule has 0 fully saturated rings. The predicted octanol–water partition coefficient (Wildman–Crippen LogP) is 7.07. The lowest BCUT2D eigenvalue weighted by Crippen LogP contribution is -2.09. The van der Waals surface area contributed by atoms with E-state index in [4.69, 9.17) is 5.11 Å². The van der Waals surface area contributed by atoms with Crippen LogP contribution >= 0.6 is 0 Å². The van der Waals surface area contributed by atoms with Crippen molar-refractivity contribution in [2.24, 2.45) is 17.8 Å². The molecule has 23 heavy (non-hydrogen) atoms. The minimum absolute atomic E-state index is 0.175. The van der Waals surface area contributed by atoms with Gasteiger partial charge in [0.05, 0.1) is 5.92 Å². The normalized spacial score (nSPS) is 15.3. The summed E-state index contributed by atoms with van der Waals surface area (Å²) in [5.74, 6) is 0.866. The summed E-state index contributed by atoms with van der Waals surface area (Å²) >= 11 is 0. The molecule has 2 nitrogen and oxygen atoms in total. The van der Waals surface area contributed by atoms with Gasteiger partial charge in [0.1, 0.15) is 0 Å². The summed E-state index contributed by atoms with van der Waals surface area (Å²) < 4.78 is 0. The third-order valence-corrected chi connectivity index (χ3v) is 5.45. The Kier molecular flexibility index (Phi) is 14.7. The largest absolute Gasteiger partial charge is 0.481 e. The smallest absolute Gasteiger partial charge is 0.306 e. The molecule has 0 aromatic carbocycles. The van der Waals surface area contributed by atoms with Crippen molar-refractivity contribution < 1.29 is 9.90 Å². The zero-order valence-electron chi connectivity index (χ0n) is 16.3. The van der Waals surface area contributed by atoms with Crippen LogP contribution in [0.4, 0.5) is 0 Å². The van der Waals surface area contributed by atoms with Crippen molar-refractivity contribution in [3.8, 4) is 0 Å². The fraction of sp³-hybridized carbons (Fsp3) is 0.952. The summed E-state index contributed by atoms with van der Waals surface area (Å²) in [4.78, 5) is 10.7. The highest BCUT2D eigenvalue weighted by Gasteiger charge is 2.12. The maximum atomic E-state index is 10.7. The van der Waals surface area contributed by atoms with Crippen molar-refractivity contribution >= 4 is 5.97 Å². The van der Waals surface area contributed by atoms with Crippen LogP contribution in [0.15, 0.2) is 0 Å². The van der Waals surface area contributed by atoms with Crippen LogP contribution in [0.3, 0.4) is 0 Å². The van der Waals surface area contributed by atoms with Gasteiger partial charge in [-0.15, -0.1) is 0 Å². The third-order valence-electron chi connectivity index (χ3n) is 5.45. The molecule has 0 spiro atoms. The van der Waals surface area contributed by atoms with Gasteiger partial charge in [-0.1, -0.05) is 105 Å². The van der Waals surface area contributed by atoms with Crippen LogP contribution in [0.5, 0.6) is 0 Å². The van der Waals surface area contributed by atoms with E-state index in [1.807, 2.05) is 6.92 Å². The lowest BCUT2D eigenvalue weighted by Gasteiger charge is -2.20. The highest BCUT2D eigenvalue weighted by atomic mass is 16.4. The third kappa shape index (κ3) is 13.6. The van der Waals surface area contributed by atoms with Gasteiger partial charge in [0.15, 0.2) is 0 Å². The second kappa shape index (κ2) is 15.0. The first-order valence-electron chi connectivity index (χ1n) is 10.2. The molecule has 0 saturated heterocycles. The molecule has 0 heterocycles. The first-order valence-corrected chi connectivity index (χ1v) is 10.2. The molecule has 1 N–H and O–H groups in total. The van der Waals surface area contributed by atoms with Gasteiger partial charge in [-0.25, -0.2) is 0 Å². The Hall–Kier alpha value is -0.530. The molecule has 0 aliphatic carbocycles. The van der Waals surface area contributed by atoms with Crippen LogP contribution in [-0.2, 0) is 4.79 Å². The SMILES string of the molecule is CCCCCCCCC(C)C(C)CCCCCCC(C)C(=O)O. The Labute approximate surface area is 145 Å². The van der Waals surface area contributed by atoms with E-state index in [-0.39, 0.29) is 5.92 Å². The Balaban J connectivity index is 3.46. The maximum Gasteiger partial charge on any atom is 0.306 e. The minimum Gasteiger partial charge on any atom is -0.481 e. The van der Waals surface area contributed by atoms with E-state index in [9.17, 15) is 4.79 Å². The molecular weight excluding hydrogens is 284 g/mol. The molecule has 0 amide bonds. The highest BCUT2D eigenvalue weighted by molar-refractivity contribution is 5.69. The standard InChI is InChI=1S/C21H42O2/c1-5-6-7-8-9-12-15-18(2)19(3)16-13-10-11-14-17-20(4)21(22)23/h18-20H,5-17H2,1-4H3,(H,22,23). The van der Waals surface area contributed by atoms with E-state index in [0.717, 1.165) is 24.7 Å². The van der Waals surface area contributed by atoms with Crippen molar-refractivity contribution in [3.63, 3.8) is 0 Å². The molecule has 3 unspecified atom stereocenters. The molecule has 0 aromatic heterocycles. The Morgan fingerprint density at radius 3 is 1.52 bits per heavy atom. The van der Waals surface area contributed by atoms with Gasteiger partial charge in [0.2, 0.25) is 0 Å². The van der Waals surface area contributed by atoms with Crippen LogP contribution in [-0.4, -0.2) is 11.1 Å². The Morgan fingerprint density at radius 2 is 1.09 bits per heavy atom. The molecule has 0 saturated carbocycles. The number of unbranched alkanes of at least 4 members (excludes halogenated alkanes) is 8. The summed E-state index contributed by atoms with van der Waals surface area (Å²) in [6.45, 7) is 8.92. The molecule has 0 radical (unpaired) electrons. The fourth-order valence-corrected chi connectivity index (χ4v) is 3.21. The molecule has 2 heteroatoms. The summed E-state index contributed by atoms with van der Waals surface area (Å²) in [5.41, 5.74) is 0. The molecule has 0 aromatic rings. The molecule has 138 valence electrons. The number of carboxylic acid groups (broad SMARTS) is 1. The van der Waals surface area contributed by atoms with Crippen LogP contribution in [0, 0.1) is 17.8 Å². The fourth-order valence-electron chi connectivity index (χ4n) is 3.21. The Bertz CT molecular complexity index is 275. The molecule has 3 atom stereocenters. The number of rotatable bonds is 16. The molecule has 0 bridgehead atoms. The van der Waals surface area contributed by atoms with E-state index >= 15 is 0 Å². The van der Waals surface area contributed by atoms with Gasteiger partial charge in [-0.2, -0.15) is 0 Å². The number of hydrogen-bond acceptors (Lipinski definition) is 1. The van der Waals surface area contributed by atoms with Crippen LogP contribution in [0.25, 0.3) is 0 Å². The van der Waals surface area contributed by atoms with Crippen LogP contribution < -0.4 is 0 Å². The lowest BCUT2D eigenvalue weighted by molar-refractivity contribution is -0.141. The average Bonchev–Trinajstić information content (AvgIpc) is 2.53. The number of carbonyl (C=O) groups is 1. The van der Waals surface area contributed by atoms with Gasteiger partial charge in [-0.3, -0.25) is 4.79 Å². The van der Waals surface area contributed by atoms with Crippen LogP contribution in [0.2, 0.25) is 0 Å². The molecule has 0 rings (SSSR count). The van der Waals surface area contributed by atoms with E-state index in [1.165, 1.54) is 70.6 Å². The summed E-state index contributed by atoms with van der Waals surface area (Å²) in [6, 6.07) is 0. The zero-order valence-corrected chi connectivity index (χ0v) is 16.3. The van der Waals surface area contributed by atoms with E-state index < -0.39 is 5.97 Å². The van der Waals surface area contributed by atoms with Crippen molar-refractivity contribution in [1.29, 1.82) is 0 Å². The van der Waals surface area contributed by atoms with Crippen molar-refractivity contribution in [3.05, 3.63) is 0 Å². The van der Waals surface area contributed by atoms with Gasteiger partial charge >= 0.3 is 5.97 Å². The van der Waals surface area contributed by atoms with Gasteiger partial charge in [-0.05, 0) is 18.3 Å². The maximum absolute atomic E-state index is 10.7. The number of aliphatic carboxylic acids is 1. The quantitative estimate of drug-likeness (QED) is 0.308. The summed E-state index contributed by atoms with van der Waals surface area (Å²) in [7, 11) is 0. The van der Waals surface area contributed by atoms with Crippen molar-refractivity contribution in [2.45, 2.75) is 111 Å². The lowest BCUT2D eigenvalue weighted by atomic mass is 9.86. The second-order valence-corrected chi connectivity index (χ2v) is 7.74. The number of hydrogen-bond donors (Lipinski definition) is 1. The predicted molar refractivity (Wildman–Crippen MR) is 101 cm³/mol. The van der Waals surface area contributed by atoms with Gasteiger partial charge in [0.25, 0.3) is 0 Å². The molecule has 0 aliphatic rings. The van der Waals surface area contributed by atoms with E-state index in [1.54, 1.807) is 0 Å². The average molecular weight is 327 g/mol. The van der Waals surface area contributed by atoms with Gasteiger partial charge in [0, 0.05) is 0 Å². The summed E-state index contributed by atoms with van der Waals surface area (Å²) in [6.07, 6.45) is 16.8. The highest BCUT2D eigenvalue weighted by Crippen LogP contribution is 2.24. The summed E-state index contributed by atoms with van der Waals surface area (Å²) in [5, 5.41) is 8.85. The van der Waals surface area contributed by atoms with E-state index in [2.05, 4.69) is 20.8 Å². The second-order valence-electron chi connectivity index (χ2n) is 7.74. The molecule has 0 aliphatic heterocycles. The van der Waals surface area contributed by atoms with Crippen LogP contribution in [0.1, 0.15) is 111 Å². The first-order chi connectivity index (χ1) is 11.0. The topological polar surface area (TPSA) is 37.3 Å².